The molecule has 1 unspecified atom stereocenters. The number of amides is 1. The maximum atomic E-state index is 12.3. The van der Waals surface area contributed by atoms with Gasteiger partial charge >= 0.3 is 0 Å². The fourth-order valence-electron chi connectivity index (χ4n) is 2.88. The van der Waals surface area contributed by atoms with E-state index in [-0.39, 0.29) is 18.5 Å². The summed E-state index contributed by atoms with van der Waals surface area (Å²) in [7, 11) is 0. The van der Waals surface area contributed by atoms with E-state index in [1.807, 2.05) is 13.8 Å². The first-order chi connectivity index (χ1) is 10.1. The second-order valence-corrected chi connectivity index (χ2v) is 6.55. The second-order valence-electron chi connectivity index (χ2n) is 5.55. The van der Waals surface area contributed by atoms with E-state index in [9.17, 15) is 4.79 Å². The fourth-order valence-corrected chi connectivity index (χ4v) is 3.86. The summed E-state index contributed by atoms with van der Waals surface area (Å²) in [6, 6.07) is 2.27. The Morgan fingerprint density at radius 1 is 1.57 bits per heavy atom. The number of nitrogens with one attached hydrogen (secondary N) is 1. The molecule has 112 valence electrons. The lowest BCUT2D eigenvalue weighted by Gasteiger charge is -2.23. The molecule has 0 fully saturated rings. The molecule has 0 saturated carbocycles. The van der Waals surface area contributed by atoms with Crippen molar-refractivity contribution in [2.45, 2.75) is 45.7 Å². The molecule has 3 rings (SSSR count). The minimum absolute atomic E-state index is 0.00958. The highest BCUT2D eigenvalue weighted by Crippen LogP contribution is 2.33. The van der Waals surface area contributed by atoms with E-state index in [0.29, 0.717) is 5.69 Å². The lowest BCUT2D eigenvalue weighted by molar-refractivity contribution is -0.122. The molecule has 0 spiro atoms. The Balaban J connectivity index is 1.69. The molecule has 3 N–H and O–H groups in total. The smallest absolute Gasteiger partial charge is 0.242 e. The molecule has 0 saturated heterocycles. The average molecular weight is 304 g/mol. The highest BCUT2D eigenvalue weighted by molar-refractivity contribution is 7.10. The normalized spacial score (nSPS) is 17.5. The monoisotopic (exact) mass is 304 g/mol. The van der Waals surface area contributed by atoms with Gasteiger partial charge in [0, 0.05) is 4.88 Å². The van der Waals surface area contributed by atoms with Crippen LogP contribution in [0.1, 0.15) is 40.7 Å². The Morgan fingerprint density at radius 3 is 3.10 bits per heavy atom. The summed E-state index contributed by atoms with van der Waals surface area (Å²) < 4.78 is 1.68. The summed E-state index contributed by atoms with van der Waals surface area (Å²) in [5.41, 5.74) is 9.48. The predicted molar refractivity (Wildman–Crippen MR) is 84.3 cm³/mol. The molecule has 1 amide bonds. The molecule has 21 heavy (non-hydrogen) atoms. The number of aryl methyl sites for hydroxylation is 2. The van der Waals surface area contributed by atoms with E-state index >= 15 is 0 Å². The maximum absolute atomic E-state index is 12.3. The Labute approximate surface area is 128 Å². The van der Waals surface area contributed by atoms with Gasteiger partial charge in [-0.15, -0.1) is 11.3 Å². The van der Waals surface area contributed by atoms with Gasteiger partial charge in [0.15, 0.2) is 0 Å². The van der Waals surface area contributed by atoms with Gasteiger partial charge in [-0.05, 0) is 50.1 Å². The van der Waals surface area contributed by atoms with Gasteiger partial charge in [-0.1, -0.05) is 0 Å². The number of aromatic nitrogens is 2. The number of fused-ring (bicyclic) bond motifs is 1. The zero-order valence-electron chi connectivity index (χ0n) is 12.3. The van der Waals surface area contributed by atoms with Crippen molar-refractivity contribution in [3.63, 3.8) is 0 Å². The van der Waals surface area contributed by atoms with Crippen LogP contribution in [0.25, 0.3) is 0 Å². The molecule has 2 aromatic heterocycles. The maximum Gasteiger partial charge on any atom is 0.242 e. The van der Waals surface area contributed by atoms with E-state index in [1.165, 1.54) is 10.4 Å². The average Bonchev–Trinajstić information content (AvgIpc) is 3.01. The van der Waals surface area contributed by atoms with Gasteiger partial charge in [-0.25, -0.2) is 0 Å². The quantitative estimate of drug-likeness (QED) is 0.914. The summed E-state index contributed by atoms with van der Waals surface area (Å²) >= 11 is 1.78. The first-order valence-corrected chi connectivity index (χ1v) is 8.09. The van der Waals surface area contributed by atoms with Crippen molar-refractivity contribution in [2.24, 2.45) is 0 Å². The second kappa shape index (κ2) is 5.52. The number of hydrogen-bond acceptors (Lipinski definition) is 4. The first kappa shape index (κ1) is 14.1. The molecule has 0 radical (unpaired) electrons. The highest BCUT2D eigenvalue weighted by atomic mass is 32.1. The number of nitrogen functional groups attached to an aromatic ring is 1. The van der Waals surface area contributed by atoms with Crippen LogP contribution < -0.4 is 11.1 Å². The van der Waals surface area contributed by atoms with Gasteiger partial charge in [-0.3, -0.25) is 9.48 Å². The van der Waals surface area contributed by atoms with Gasteiger partial charge in [0.05, 0.1) is 23.1 Å². The molecular weight excluding hydrogens is 284 g/mol. The largest absolute Gasteiger partial charge is 0.396 e. The van der Waals surface area contributed by atoms with Crippen molar-refractivity contribution in [2.75, 3.05) is 5.73 Å². The third kappa shape index (κ3) is 2.68. The van der Waals surface area contributed by atoms with Crippen LogP contribution in [0.4, 0.5) is 5.69 Å². The lowest BCUT2D eigenvalue weighted by Crippen LogP contribution is -2.33. The number of nitrogens with two attached hydrogens (primary N) is 1. The molecule has 1 atom stereocenters. The molecule has 0 bridgehead atoms. The van der Waals surface area contributed by atoms with E-state index in [4.69, 9.17) is 5.73 Å². The summed E-state index contributed by atoms with van der Waals surface area (Å²) in [4.78, 5) is 13.7. The number of anilines is 1. The molecular formula is C15H20N4OS. The minimum Gasteiger partial charge on any atom is -0.396 e. The van der Waals surface area contributed by atoms with Crippen molar-refractivity contribution < 1.29 is 4.79 Å². The number of rotatable bonds is 3. The highest BCUT2D eigenvalue weighted by Gasteiger charge is 2.23. The molecule has 0 aromatic carbocycles. The molecule has 6 heteroatoms. The molecule has 0 aliphatic heterocycles. The van der Waals surface area contributed by atoms with Crippen LogP contribution in [0.2, 0.25) is 0 Å². The van der Waals surface area contributed by atoms with E-state index in [2.05, 4.69) is 21.9 Å². The van der Waals surface area contributed by atoms with Gasteiger partial charge in [0.2, 0.25) is 5.91 Å². The zero-order chi connectivity index (χ0) is 15.0. The SMILES string of the molecule is Cc1nn(CC(=O)NC2CCCc3sccc32)c(C)c1N. The standard InChI is InChI=1S/C15H20N4OS/c1-9-15(16)10(2)19(18-9)8-14(20)17-12-4-3-5-13-11(12)6-7-21-13/h6-7,12H,3-5,8,16H2,1-2H3,(H,17,20). The Bertz CT molecular complexity index is 673. The van der Waals surface area contributed by atoms with Crippen LogP contribution in [-0.4, -0.2) is 15.7 Å². The third-order valence-electron chi connectivity index (χ3n) is 4.12. The minimum atomic E-state index is -0.00958. The Kier molecular flexibility index (Phi) is 3.71. The van der Waals surface area contributed by atoms with Crippen LogP contribution in [-0.2, 0) is 17.8 Å². The molecule has 2 aromatic rings. The van der Waals surface area contributed by atoms with Crippen molar-refractivity contribution in [1.29, 1.82) is 0 Å². The van der Waals surface area contributed by atoms with Gasteiger partial charge in [0.25, 0.3) is 0 Å². The van der Waals surface area contributed by atoms with Crippen LogP contribution >= 0.6 is 11.3 Å². The number of nitrogens with zero attached hydrogens (tertiary/aromatic N) is 2. The molecule has 2 heterocycles. The van der Waals surface area contributed by atoms with E-state index < -0.39 is 0 Å². The summed E-state index contributed by atoms with van der Waals surface area (Å²) in [5, 5.41) is 9.55. The number of thiophene rings is 1. The first-order valence-electron chi connectivity index (χ1n) is 7.21. The zero-order valence-corrected chi connectivity index (χ0v) is 13.2. The van der Waals surface area contributed by atoms with Gasteiger partial charge in [-0.2, -0.15) is 5.10 Å². The summed E-state index contributed by atoms with van der Waals surface area (Å²) in [5.74, 6) is -0.00958. The lowest BCUT2D eigenvalue weighted by atomic mass is 9.94. The van der Waals surface area contributed by atoms with E-state index in [1.54, 1.807) is 16.0 Å². The molecule has 1 aliphatic carbocycles. The van der Waals surface area contributed by atoms with Crippen molar-refractivity contribution in [3.8, 4) is 0 Å². The van der Waals surface area contributed by atoms with Gasteiger partial charge < -0.3 is 11.1 Å². The van der Waals surface area contributed by atoms with Crippen molar-refractivity contribution in [3.05, 3.63) is 33.3 Å². The summed E-state index contributed by atoms with van der Waals surface area (Å²) in [6.07, 6.45) is 3.27. The van der Waals surface area contributed by atoms with Gasteiger partial charge in [0.1, 0.15) is 6.54 Å². The third-order valence-corrected chi connectivity index (χ3v) is 5.11. The predicted octanol–water partition coefficient (Wildman–Crippen LogP) is 2.34. The van der Waals surface area contributed by atoms with Crippen molar-refractivity contribution >= 4 is 22.9 Å². The number of hydrogen-bond donors (Lipinski definition) is 2. The van der Waals surface area contributed by atoms with Crippen LogP contribution in [0, 0.1) is 13.8 Å². The number of carbonyl (C=O) groups excluding carboxylic acids is 1. The van der Waals surface area contributed by atoms with E-state index in [0.717, 1.165) is 30.7 Å². The summed E-state index contributed by atoms with van der Waals surface area (Å²) in [6.45, 7) is 3.97. The molecule has 5 nitrogen and oxygen atoms in total. The van der Waals surface area contributed by atoms with Crippen LogP contribution in [0.5, 0.6) is 0 Å². The number of carbonyl (C=O) groups is 1. The van der Waals surface area contributed by atoms with Crippen molar-refractivity contribution in [1.82, 2.24) is 15.1 Å². The Hall–Kier alpha value is -1.82. The fraction of sp³-hybridized carbons (Fsp3) is 0.467. The van der Waals surface area contributed by atoms with Crippen LogP contribution in [0.15, 0.2) is 11.4 Å². The van der Waals surface area contributed by atoms with Crippen LogP contribution in [0.3, 0.4) is 0 Å². The Morgan fingerprint density at radius 2 is 2.38 bits per heavy atom. The topological polar surface area (TPSA) is 72.9 Å². The molecule has 1 aliphatic rings.